The van der Waals surface area contributed by atoms with Gasteiger partial charge in [-0.15, -0.1) is 0 Å². The lowest BCUT2D eigenvalue weighted by Gasteiger charge is -2.10. The van der Waals surface area contributed by atoms with Crippen molar-refractivity contribution in [3.8, 4) is 0 Å². The number of hydrogen-bond acceptors (Lipinski definition) is 0. The molecule has 0 rings (SSSR count). The van der Waals surface area contributed by atoms with E-state index < -0.39 is 0 Å². The highest BCUT2D eigenvalue weighted by atomic mass is 28.2. The summed E-state index contributed by atoms with van der Waals surface area (Å²) in [5.41, 5.74) is 0. The second-order valence-electron chi connectivity index (χ2n) is 3.41. The molecule has 0 saturated heterocycles. The molecular formula is C10H22Si. The lowest BCUT2D eigenvalue weighted by Crippen LogP contribution is -2.07. The van der Waals surface area contributed by atoms with Gasteiger partial charge in [0.2, 0.25) is 0 Å². The van der Waals surface area contributed by atoms with Gasteiger partial charge in [0.1, 0.15) is 0 Å². The van der Waals surface area contributed by atoms with Crippen LogP contribution in [0.5, 0.6) is 0 Å². The van der Waals surface area contributed by atoms with Crippen LogP contribution in [0, 0.1) is 5.92 Å². The first-order valence-electron chi connectivity index (χ1n) is 4.88. The zero-order chi connectivity index (χ0) is 8.69. The van der Waals surface area contributed by atoms with Crippen molar-refractivity contribution in [2.45, 2.75) is 53.0 Å². The van der Waals surface area contributed by atoms with Gasteiger partial charge in [0.15, 0.2) is 0 Å². The minimum absolute atomic E-state index is 0.625. The van der Waals surface area contributed by atoms with Crippen molar-refractivity contribution in [2.75, 3.05) is 0 Å². The van der Waals surface area contributed by atoms with Crippen molar-refractivity contribution in [1.29, 1.82) is 0 Å². The zero-order valence-corrected chi connectivity index (χ0v) is 9.64. The molecule has 0 fully saturated rings. The molecule has 11 heavy (non-hydrogen) atoms. The van der Waals surface area contributed by atoms with Crippen molar-refractivity contribution < 1.29 is 0 Å². The molecule has 0 N–H and O–H groups in total. The Kier molecular flexibility index (Phi) is 6.83. The van der Waals surface area contributed by atoms with E-state index >= 15 is 0 Å². The summed E-state index contributed by atoms with van der Waals surface area (Å²) in [6.07, 6.45) is 5.46. The minimum Gasteiger partial charge on any atom is -0.0926 e. The molecule has 1 heteroatoms. The maximum atomic E-state index is 2.37. The molecule has 0 aliphatic heterocycles. The first kappa shape index (κ1) is 11.1. The van der Waals surface area contributed by atoms with E-state index in [1.807, 2.05) is 5.17 Å². The van der Waals surface area contributed by atoms with Gasteiger partial charge in [-0.1, -0.05) is 45.3 Å². The fourth-order valence-electron chi connectivity index (χ4n) is 1.28. The summed E-state index contributed by atoms with van der Waals surface area (Å²) in [4.78, 5) is 0. The molecule has 0 aromatic heterocycles. The molecule has 0 aromatic carbocycles. The van der Waals surface area contributed by atoms with E-state index in [9.17, 15) is 0 Å². The molecule has 0 heterocycles. The molecule has 1 unspecified atom stereocenters. The molecule has 0 amide bonds. The summed E-state index contributed by atoms with van der Waals surface area (Å²) in [6.45, 7) is 9.31. The van der Waals surface area contributed by atoms with Crippen LogP contribution in [-0.2, 0) is 0 Å². The normalized spacial score (nSPS) is 15.1. The predicted molar refractivity (Wildman–Crippen MR) is 57.0 cm³/mol. The second-order valence-corrected chi connectivity index (χ2v) is 4.81. The Labute approximate surface area is 73.8 Å². The van der Waals surface area contributed by atoms with Crippen LogP contribution in [0.15, 0.2) is 0 Å². The molecule has 0 bridgehead atoms. The lowest BCUT2D eigenvalue weighted by atomic mass is 10.0. The van der Waals surface area contributed by atoms with Crippen LogP contribution < -0.4 is 0 Å². The average Bonchev–Trinajstić information content (AvgIpc) is 2.03. The molecule has 0 spiro atoms. The van der Waals surface area contributed by atoms with Crippen LogP contribution >= 0.6 is 0 Å². The molecule has 1 atom stereocenters. The summed E-state index contributed by atoms with van der Waals surface area (Å²) in [7, 11) is 0.625. The summed E-state index contributed by atoms with van der Waals surface area (Å²) in [5, 5.41) is 1.85. The largest absolute Gasteiger partial charge is 0.0926 e. The van der Waals surface area contributed by atoms with Crippen LogP contribution in [0.2, 0.25) is 6.55 Å². The highest BCUT2D eigenvalue weighted by Gasteiger charge is 2.01. The predicted octanol–water partition coefficient (Wildman–Crippen LogP) is 2.88. The molecule has 0 saturated carbocycles. The summed E-state index contributed by atoms with van der Waals surface area (Å²) in [6, 6.07) is 0. The fraction of sp³-hybridized carbons (Fsp3) is 0.900. The molecule has 0 radical (unpaired) electrons. The third-order valence-corrected chi connectivity index (χ3v) is 3.63. The van der Waals surface area contributed by atoms with E-state index in [-0.39, 0.29) is 0 Å². The smallest absolute Gasteiger partial charge is 0.0111 e. The second kappa shape index (κ2) is 6.78. The van der Waals surface area contributed by atoms with Gasteiger partial charge in [-0.05, 0) is 27.9 Å². The van der Waals surface area contributed by atoms with E-state index in [1.54, 1.807) is 0 Å². The van der Waals surface area contributed by atoms with Crippen LogP contribution in [-0.4, -0.2) is 14.3 Å². The van der Waals surface area contributed by atoms with E-state index in [0.717, 1.165) is 5.92 Å². The van der Waals surface area contributed by atoms with Gasteiger partial charge in [0, 0.05) is 0 Å². The highest BCUT2D eigenvalue weighted by Crippen LogP contribution is 2.09. The van der Waals surface area contributed by atoms with E-state index in [0.29, 0.717) is 9.13 Å². The Balaban J connectivity index is 3.69. The Morgan fingerprint density at radius 3 is 2.36 bits per heavy atom. The van der Waals surface area contributed by atoms with Gasteiger partial charge in [0.05, 0.1) is 0 Å². The van der Waals surface area contributed by atoms with Gasteiger partial charge >= 0.3 is 0 Å². The van der Waals surface area contributed by atoms with Crippen LogP contribution in [0.4, 0.5) is 0 Å². The average molecular weight is 170 g/mol. The van der Waals surface area contributed by atoms with Crippen LogP contribution in [0.3, 0.4) is 0 Å². The lowest BCUT2D eigenvalue weighted by molar-refractivity contribution is 0.585. The zero-order valence-electron chi connectivity index (χ0n) is 8.48. The number of rotatable bonds is 5. The summed E-state index contributed by atoms with van der Waals surface area (Å²) >= 11 is 0. The summed E-state index contributed by atoms with van der Waals surface area (Å²) < 4.78 is 0. The first-order valence-corrected chi connectivity index (χ1v) is 6.61. The van der Waals surface area contributed by atoms with E-state index in [1.165, 1.54) is 25.7 Å². The maximum Gasteiger partial charge on any atom is -0.0111 e. The Morgan fingerprint density at radius 2 is 2.00 bits per heavy atom. The van der Waals surface area contributed by atoms with Crippen molar-refractivity contribution >= 4 is 14.3 Å². The third-order valence-electron chi connectivity index (χ3n) is 2.29. The SMILES string of the molecule is CCCC(CC(C)CC)=[SiH]C. The number of hydrogen-bond donors (Lipinski definition) is 0. The van der Waals surface area contributed by atoms with Gasteiger partial charge < -0.3 is 0 Å². The standard InChI is InChI=1S/C10H22Si/c1-5-7-10(11-4)8-9(3)6-2/h9,11H,5-8H2,1-4H3. The van der Waals surface area contributed by atoms with Gasteiger partial charge in [0.25, 0.3) is 0 Å². The monoisotopic (exact) mass is 170 g/mol. The molecule has 0 aliphatic rings. The molecule has 0 nitrogen and oxygen atoms in total. The topological polar surface area (TPSA) is 0 Å². The van der Waals surface area contributed by atoms with Gasteiger partial charge in [-0.2, -0.15) is 0 Å². The van der Waals surface area contributed by atoms with Crippen LogP contribution in [0.1, 0.15) is 46.5 Å². The Bertz CT molecular complexity index is 116. The Morgan fingerprint density at radius 1 is 1.36 bits per heavy atom. The van der Waals surface area contributed by atoms with E-state index in [4.69, 9.17) is 0 Å². The van der Waals surface area contributed by atoms with Crippen molar-refractivity contribution in [3.63, 3.8) is 0 Å². The summed E-state index contributed by atoms with van der Waals surface area (Å²) in [5.74, 6) is 0.920. The quantitative estimate of drug-likeness (QED) is 0.557. The van der Waals surface area contributed by atoms with Crippen molar-refractivity contribution in [1.82, 2.24) is 0 Å². The highest BCUT2D eigenvalue weighted by molar-refractivity contribution is 6.52. The van der Waals surface area contributed by atoms with Gasteiger partial charge in [-0.25, -0.2) is 0 Å². The van der Waals surface area contributed by atoms with E-state index in [2.05, 4.69) is 27.3 Å². The Hall–Kier alpha value is 0.0869. The van der Waals surface area contributed by atoms with Crippen LogP contribution in [0.25, 0.3) is 0 Å². The third kappa shape index (κ3) is 5.37. The van der Waals surface area contributed by atoms with Crippen molar-refractivity contribution in [2.24, 2.45) is 5.92 Å². The minimum atomic E-state index is 0.625. The van der Waals surface area contributed by atoms with Gasteiger partial charge in [-0.3, -0.25) is 0 Å². The first-order chi connectivity index (χ1) is 5.24. The maximum absolute atomic E-state index is 2.37. The molecular weight excluding hydrogens is 148 g/mol. The molecule has 0 aromatic rings. The molecule has 66 valence electrons. The van der Waals surface area contributed by atoms with Crippen molar-refractivity contribution in [3.05, 3.63) is 0 Å². The fourth-order valence-corrected chi connectivity index (χ4v) is 2.49. The molecule has 0 aliphatic carbocycles.